The second-order valence-electron chi connectivity index (χ2n) is 7.22. The molecule has 0 fully saturated rings. The molecule has 0 saturated carbocycles. The van der Waals surface area contributed by atoms with Gasteiger partial charge in [-0.1, -0.05) is 18.2 Å². The number of rotatable bonds is 4. The van der Waals surface area contributed by atoms with Gasteiger partial charge in [-0.2, -0.15) is 5.10 Å². The lowest BCUT2D eigenvalue weighted by molar-refractivity contribution is -0.140. The van der Waals surface area contributed by atoms with E-state index >= 15 is 0 Å². The number of amides is 3. The molecule has 8 nitrogen and oxygen atoms in total. The Bertz CT molecular complexity index is 947. The van der Waals surface area contributed by atoms with Crippen LogP contribution in [0.5, 0.6) is 0 Å². The molecule has 0 radical (unpaired) electrons. The maximum absolute atomic E-state index is 12.8. The first-order chi connectivity index (χ1) is 13.2. The number of benzene rings is 1. The molecule has 1 aliphatic rings. The van der Waals surface area contributed by atoms with Gasteiger partial charge in [0.1, 0.15) is 6.04 Å². The fourth-order valence-electron chi connectivity index (χ4n) is 3.53. The SMILES string of the molecule is Cc1nn(C)c(C)c1CNC(=O)C(=O)N[C@H]1C(=O)N(C(C)C)c2ccccc21. The van der Waals surface area contributed by atoms with Crippen LogP contribution in [0.4, 0.5) is 5.69 Å². The van der Waals surface area contributed by atoms with Gasteiger partial charge in [0.15, 0.2) is 0 Å². The van der Waals surface area contributed by atoms with Gasteiger partial charge in [0.05, 0.1) is 5.69 Å². The summed E-state index contributed by atoms with van der Waals surface area (Å²) in [6, 6.07) is 6.37. The maximum Gasteiger partial charge on any atom is 0.310 e. The smallest absolute Gasteiger partial charge is 0.310 e. The Hall–Kier alpha value is -3.16. The van der Waals surface area contributed by atoms with E-state index in [0.29, 0.717) is 5.56 Å². The van der Waals surface area contributed by atoms with Crippen LogP contribution in [-0.2, 0) is 28.0 Å². The molecule has 3 amide bonds. The third-order valence-corrected chi connectivity index (χ3v) is 5.07. The highest BCUT2D eigenvalue weighted by Crippen LogP contribution is 2.36. The summed E-state index contributed by atoms with van der Waals surface area (Å²) in [6.45, 7) is 7.76. The van der Waals surface area contributed by atoms with Crippen molar-refractivity contribution < 1.29 is 14.4 Å². The molecule has 0 spiro atoms. The van der Waals surface area contributed by atoms with Crippen molar-refractivity contribution >= 4 is 23.4 Å². The standard InChI is InChI=1S/C20H25N5O3/c1-11(2)25-16-9-7-6-8-14(16)17(20(25)28)22-19(27)18(26)21-10-15-12(3)23-24(5)13(15)4/h6-9,11,17H,10H2,1-5H3,(H,21,26)(H,22,27)/t17-/m1/s1. The van der Waals surface area contributed by atoms with E-state index in [1.807, 2.05) is 52.9 Å². The minimum atomic E-state index is -0.862. The lowest BCUT2D eigenvalue weighted by Gasteiger charge is -2.22. The van der Waals surface area contributed by atoms with Gasteiger partial charge < -0.3 is 15.5 Å². The number of nitrogens with one attached hydrogen (secondary N) is 2. The quantitative estimate of drug-likeness (QED) is 0.777. The number of aromatic nitrogens is 2. The molecule has 148 valence electrons. The molecule has 1 aliphatic heterocycles. The van der Waals surface area contributed by atoms with Gasteiger partial charge in [-0.3, -0.25) is 19.1 Å². The first-order valence-corrected chi connectivity index (χ1v) is 9.22. The molecule has 2 heterocycles. The lowest BCUT2D eigenvalue weighted by atomic mass is 10.1. The molecule has 8 heteroatoms. The van der Waals surface area contributed by atoms with Crippen molar-refractivity contribution in [1.29, 1.82) is 0 Å². The van der Waals surface area contributed by atoms with Gasteiger partial charge in [-0.15, -0.1) is 0 Å². The van der Waals surface area contributed by atoms with E-state index in [4.69, 9.17) is 0 Å². The third kappa shape index (κ3) is 3.37. The van der Waals surface area contributed by atoms with Crippen LogP contribution in [0, 0.1) is 13.8 Å². The monoisotopic (exact) mass is 383 g/mol. The van der Waals surface area contributed by atoms with E-state index < -0.39 is 17.9 Å². The number of fused-ring (bicyclic) bond motifs is 1. The Morgan fingerprint density at radius 3 is 2.46 bits per heavy atom. The Balaban J connectivity index is 1.70. The zero-order valence-electron chi connectivity index (χ0n) is 16.7. The van der Waals surface area contributed by atoms with Crippen LogP contribution in [0.2, 0.25) is 0 Å². The second-order valence-corrected chi connectivity index (χ2v) is 7.22. The van der Waals surface area contributed by atoms with E-state index in [0.717, 1.165) is 22.6 Å². The highest BCUT2D eigenvalue weighted by molar-refractivity contribution is 6.35. The summed E-state index contributed by atoms with van der Waals surface area (Å²) >= 11 is 0. The molecule has 2 N–H and O–H groups in total. The topological polar surface area (TPSA) is 96.3 Å². The molecular weight excluding hydrogens is 358 g/mol. The highest BCUT2D eigenvalue weighted by atomic mass is 16.2. The molecule has 3 rings (SSSR count). The highest BCUT2D eigenvalue weighted by Gasteiger charge is 2.39. The van der Waals surface area contributed by atoms with Crippen LogP contribution < -0.4 is 15.5 Å². The molecule has 1 atom stereocenters. The van der Waals surface area contributed by atoms with Crippen LogP contribution in [0.3, 0.4) is 0 Å². The predicted octanol–water partition coefficient (Wildman–Crippen LogP) is 1.27. The average Bonchev–Trinajstić information content (AvgIpc) is 3.06. The number of para-hydroxylation sites is 1. The van der Waals surface area contributed by atoms with E-state index in [2.05, 4.69) is 15.7 Å². The van der Waals surface area contributed by atoms with Crippen molar-refractivity contribution in [1.82, 2.24) is 20.4 Å². The number of carbonyl (C=O) groups is 3. The minimum Gasteiger partial charge on any atom is -0.344 e. The number of anilines is 1. The molecular formula is C20H25N5O3. The first kappa shape index (κ1) is 19.6. The van der Waals surface area contributed by atoms with Gasteiger partial charge in [-0.25, -0.2) is 0 Å². The van der Waals surface area contributed by atoms with Gasteiger partial charge in [0.2, 0.25) is 0 Å². The number of carbonyl (C=O) groups excluding carboxylic acids is 3. The lowest BCUT2D eigenvalue weighted by Crippen LogP contribution is -2.45. The predicted molar refractivity (Wildman–Crippen MR) is 104 cm³/mol. The van der Waals surface area contributed by atoms with Gasteiger partial charge in [0, 0.05) is 42.1 Å². The zero-order valence-corrected chi connectivity index (χ0v) is 16.7. The van der Waals surface area contributed by atoms with E-state index in [1.165, 1.54) is 0 Å². The van der Waals surface area contributed by atoms with Gasteiger partial charge in [0.25, 0.3) is 5.91 Å². The van der Waals surface area contributed by atoms with Crippen molar-refractivity contribution in [2.24, 2.45) is 7.05 Å². The summed E-state index contributed by atoms with van der Waals surface area (Å²) in [5.74, 6) is -1.86. The van der Waals surface area contributed by atoms with Crippen molar-refractivity contribution in [3.05, 3.63) is 46.8 Å². The Morgan fingerprint density at radius 1 is 1.18 bits per heavy atom. The summed E-state index contributed by atoms with van der Waals surface area (Å²) in [7, 11) is 1.82. The summed E-state index contributed by atoms with van der Waals surface area (Å²) in [5, 5.41) is 9.48. The number of hydrogen-bond donors (Lipinski definition) is 2. The van der Waals surface area contributed by atoms with E-state index in [9.17, 15) is 14.4 Å². The summed E-state index contributed by atoms with van der Waals surface area (Å²) in [5.41, 5.74) is 4.05. The maximum atomic E-state index is 12.8. The first-order valence-electron chi connectivity index (χ1n) is 9.22. The summed E-state index contributed by atoms with van der Waals surface area (Å²) in [4.78, 5) is 39.1. The van der Waals surface area contributed by atoms with E-state index in [1.54, 1.807) is 15.6 Å². The van der Waals surface area contributed by atoms with Crippen molar-refractivity contribution in [3.63, 3.8) is 0 Å². The molecule has 2 aromatic rings. The normalized spacial score (nSPS) is 15.7. The van der Waals surface area contributed by atoms with Crippen LogP contribution in [0.15, 0.2) is 24.3 Å². The molecule has 0 unspecified atom stereocenters. The van der Waals surface area contributed by atoms with Crippen LogP contribution in [0.1, 0.15) is 42.4 Å². The Morgan fingerprint density at radius 2 is 1.86 bits per heavy atom. The average molecular weight is 383 g/mol. The van der Waals surface area contributed by atoms with Crippen LogP contribution in [-0.4, -0.2) is 33.5 Å². The largest absolute Gasteiger partial charge is 0.344 e. The van der Waals surface area contributed by atoms with Crippen LogP contribution >= 0.6 is 0 Å². The van der Waals surface area contributed by atoms with Gasteiger partial charge >= 0.3 is 11.8 Å². The van der Waals surface area contributed by atoms with Crippen molar-refractivity contribution in [2.75, 3.05) is 4.90 Å². The Kier molecular flexibility index (Phi) is 5.22. The zero-order chi connectivity index (χ0) is 20.6. The molecule has 1 aromatic carbocycles. The van der Waals surface area contributed by atoms with Crippen molar-refractivity contribution in [3.8, 4) is 0 Å². The second kappa shape index (κ2) is 7.46. The number of nitrogens with zero attached hydrogens (tertiary/aromatic N) is 3. The van der Waals surface area contributed by atoms with Crippen molar-refractivity contribution in [2.45, 2.75) is 46.3 Å². The molecule has 0 saturated heterocycles. The molecule has 1 aromatic heterocycles. The number of hydrogen-bond acceptors (Lipinski definition) is 4. The van der Waals surface area contributed by atoms with Gasteiger partial charge in [-0.05, 0) is 33.8 Å². The fraction of sp³-hybridized carbons (Fsp3) is 0.400. The fourth-order valence-corrected chi connectivity index (χ4v) is 3.53. The molecule has 0 bridgehead atoms. The van der Waals surface area contributed by atoms with Crippen LogP contribution in [0.25, 0.3) is 0 Å². The number of aryl methyl sites for hydroxylation is 2. The minimum absolute atomic E-state index is 0.0547. The third-order valence-electron chi connectivity index (χ3n) is 5.07. The Labute approximate surface area is 163 Å². The molecule has 28 heavy (non-hydrogen) atoms. The molecule has 0 aliphatic carbocycles. The van der Waals surface area contributed by atoms with E-state index in [-0.39, 0.29) is 18.5 Å². The summed E-state index contributed by atoms with van der Waals surface area (Å²) in [6.07, 6.45) is 0. The summed E-state index contributed by atoms with van der Waals surface area (Å²) < 4.78 is 1.73.